The molecule has 0 aliphatic heterocycles. The Bertz CT molecular complexity index is 182. The number of nitrogens with two attached hydrogens (primary N) is 1. The molecule has 1 atom stereocenters. The Labute approximate surface area is 88.6 Å². The van der Waals surface area contributed by atoms with E-state index in [1.54, 1.807) is 0 Å². The van der Waals surface area contributed by atoms with Crippen molar-refractivity contribution < 1.29 is 0 Å². The zero-order chi connectivity index (χ0) is 11.0. The molecule has 1 aliphatic rings. The smallest absolute Gasteiger partial charge is 0.0181 e. The van der Waals surface area contributed by atoms with E-state index in [-0.39, 0.29) is 0 Å². The first-order chi connectivity index (χ1) is 6.34. The van der Waals surface area contributed by atoms with Gasteiger partial charge in [0.1, 0.15) is 0 Å². The van der Waals surface area contributed by atoms with E-state index in [1.807, 2.05) is 0 Å². The van der Waals surface area contributed by atoms with Crippen LogP contribution in [0, 0.1) is 10.8 Å². The van der Waals surface area contributed by atoms with Crippen molar-refractivity contribution in [3.8, 4) is 0 Å². The third kappa shape index (κ3) is 1.96. The molecular formula is C12H26N2. The molecule has 0 aromatic heterocycles. The van der Waals surface area contributed by atoms with E-state index in [4.69, 9.17) is 5.73 Å². The zero-order valence-corrected chi connectivity index (χ0v) is 10.4. The minimum absolute atomic E-state index is 0.326. The van der Waals surface area contributed by atoms with Gasteiger partial charge in [0.15, 0.2) is 0 Å². The fourth-order valence-corrected chi connectivity index (χ4v) is 2.45. The zero-order valence-electron chi connectivity index (χ0n) is 10.4. The molecule has 1 saturated carbocycles. The van der Waals surface area contributed by atoms with E-state index in [0.29, 0.717) is 22.9 Å². The van der Waals surface area contributed by atoms with E-state index in [0.717, 1.165) is 13.0 Å². The molecule has 0 bridgehead atoms. The lowest BCUT2D eigenvalue weighted by molar-refractivity contribution is 0.457. The summed E-state index contributed by atoms with van der Waals surface area (Å²) in [4.78, 5) is 0. The summed E-state index contributed by atoms with van der Waals surface area (Å²) in [7, 11) is 0. The fraction of sp³-hybridized carbons (Fsp3) is 1.00. The van der Waals surface area contributed by atoms with E-state index < -0.39 is 0 Å². The molecule has 84 valence electrons. The van der Waals surface area contributed by atoms with E-state index in [2.05, 4.69) is 39.9 Å². The maximum Gasteiger partial charge on any atom is 0.0181 e. The summed E-state index contributed by atoms with van der Waals surface area (Å²) in [6.45, 7) is 12.5. The Morgan fingerprint density at radius 3 is 2.07 bits per heavy atom. The summed E-state index contributed by atoms with van der Waals surface area (Å²) in [6, 6.07) is 0.963. The van der Waals surface area contributed by atoms with Gasteiger partial charge in [-0.15, -0.1) is 0 Å². The van der Waals surface area contributed by atoms with Crippen molar-refractivity contribution in [3.63, 3.8) is 0 Å². The highest BCUT2D eigenvalue weighted by Gasteiger charge is 2.64. The largest absolute Gasteiger partial charge is 0.327 e. The van der Waals surface area contributed by atoms with Gasteiger partial charge in [0, 0.05) is 18.6 Å². The Morgan fingerprint density at radius 1 is 1.21 bits per heavy atom. The predicted octanol–water partition coefficient (Wildman–Crippen LogP) is 2.14. The van der Waals surface area contributed by atoms with Crippen LogP contribution in [0.25, 0.3) is 0 Å². The van der Waals surface area contributed by atoms with Gasteiger partial charge in [-0.25, -0.2) is 0 Å². The summed E-state index contributed by atoms with van der Waals surface area (Å²) >= 11 is 0. The molecule has 14 heavy (non-hydrogen) atoms. The maximum absolute atomic E-state index is 5.97. The molecule has 1 aliphatic carbocycles. The van der Waals surface area contributed by atoms with Crippen molar-refractivity contribution in [3.05, 3.63) is 0 Å². The Kier molecular flexibility index (Phi) is 3.27. The molecule has 2 heteroatoms. The average Bonchev–Trinajstić information content (AvgIpc) is 2.41. The summed E-state index contributed by atoms with van der Waals surface area (Å²) < 4.78 is 0. The summed E-state index contributed by atoms with van der Waals surface area (Å²) in [5.41, 5.74) is 6.83. The molecule has 2 nitrogen and oxygen atoms in total. The quantitative estimate of drug-likeness (QED) is 0.710. The molecule has 0 spiro atoms. The Hall–Kier alpha value is -0.0800. The maximum atomic E-state index is 5.97. The monoisotopic (exact) mass is 198 g/mol. The van der Waals surface area contributed by atoms with Gasteiger partial charge in [-0.05, 0) is 17.3 Å². The summed E-state index contributed by atoms with van der Waals surface area (Å²) in [6.07, 6.45) is 2.31. The van der Waals surface area contributed by atoms with Crippen LogP contribution >= 0.6 is 0 Å². The van der Waals surface area contributed by atoms with Crippen LogP contribution in [-0.2, 0) is 0 Å². The minimum atomic E-state index is 0.326. The molecular weight excluding hydrogens is 172 g/mol. The molecule has 0 aromatic rings. The van der Waals surface area contributed by atoms with Crippen LogP contribution in [0.4, 0.5) is 0 Å². The molecule has 0 heterocycles. The summed E-state index contributed by atoms with van der Waals surface area (Å²) in [5, 5.41) is 3.60. The topological polar surface area (TPSA) is 38.0 Å². The highest BCUT2D eigenvalue weighted by Crippen LogP contribution is 2.62. The average molecular weight is 198 g/mol. The van der Waals surface area contributed by atoms with Gasteiger partial charge in [-0.1, -0.05) is 41.0 Å². The molecule has 0 radical (unpaired) electrons. The van der Waals surface area contributed by atoms with Crippen molar-refractivity contribution >= 4 is 0 Å². The lowest BCUT2D eigenvalue weighted by Gasteiger charge is -2.12. The van der Waals surface area contributed by atoms with Crippen molar-refractivity contribution in [1.82, 2.24) is 5.32 Å². The van der Waals surface area contributed by atoms with Crippen molar-refractivity contribution in [2.24, 2.45) is 16.6 Å². The lowest BCUT2D eigenvalue weighted by atomic mass is 10.0. The Morgan fingerprint density at radius 2 is 1.71 bits per heavy atom. The van der Waals surface area contributed by atoms with Crippen LogP contribution in [0.5, 0.6) is 0 Å². The SMILES string of the molecule is CCCC(N)CNC1C(C)(C)C1(C)C. The third-order valence-electron chi connectivity index (χ3n) is 4.26. The molecule has 1 rings (SSSR count). The second-order valence-corrected chi connectivity index (χ2v) is 5.83. The van der Waals surface area contributed by atoms with Crippen LogP contribution in [-0.4, -0.2) is 18.6 Å². The van der Waals surface area contributed by atoms with Gasteiger partial charge in [0.25, 0.3) is 0 Å². The highest BCUT2D eigenvalue weighted by atomic mass is 15.1. The summed E-state index contributed by atoms with van der Waals surface area (Å²) in [5.74, 6) is 0. The van der Waals surface area contributed by atoms with Crippen LogP contribution in [0.1, 0.15) is 47.5 Å². The second-order valence-electron chi connectivity index (χ2n) is 5.83. The van der Waals surface area contributed by atoms with Crippen molar-refractivity contribution in [1.29, 1.82) is 0 Å². The number of rotatable bonds is 5. The minimum Gasteiger partial charge on any atom is -0.327 e. The van der Waals surface area contributed by atoms with Gasteiger partial charge in [-0.2, -0.15) is 0 Å². The van der Waals surface area contributed by atoms with Crippen LogP contribution in [0.2, 0.25) is 0 Å². The molecule has 0 amide bonds. The fourth-order valence-electron chi connectivity index (χ4n) is 2.45. The van der Waals surface area contributed by atoms with Crippen LogP contribution in [0.3, 0.4) is 0 Å². The molecule has 1 fully saturated rings. The molecule has 0 saturated heterocycles. The van der Waals surface area contributed by atoms with E-state index in [9.17, 15) is 0 Å². The third-order valence-corrected chi connectivity index (χ3v) is 4.26. The standard InChI is InChI=1S/C12H26N2/c1-6-7-9(13)8-14-10-11(2,3)12(10,4)5/h9-10,14H,6-8,13H2,1-5H3. The van der Waals surface area contributed by atoms with Crippen LogP contribution < -0.4 is 11.1 Å². The lowest BCUT2D eigenvalue weighted by Crippen LogP contribution is -2.36. The van der Waals surface area contributed by atoms with Crippen LogP contribution in [0.15, 0.2) is 0 Å². The second kappa shape index (κ2) is 3.82. The van der Waals surface area contributed by atoms with Gasteiger partial charge < -0.3 is 11.1 Å². The first-order valence-electron chi connectivity index (χ1n) is 5.83. The number of hydrogen-bond acceptors (Lipinski definition) is 2. The molecule has 1 unspecified atom stereocenters. The van der Waals surface area contributed by atoms with Crippen molar-refractivity contribution in [2.45, 2.75) is 59.5 Å². The normalized spacial score (nSPS) is 26.1. The van der Waals surface area contributed by atoms with Gasteiger partial charge in [-0.3, -0.25) is 0 Å². The van der Waals surface area contributed by atoms with Gasteiger partial charge >= 0.3 is 0 Å². The van der Waals surface area contributed by atoms with E-state index in [1.165, 1.54) is 6.42 Å². The molecule has 3 N–H and O–H groups in total. The number of hydrogen-bond donors (Lipinski definition) is 2. The first-order valence-corrected chi connectivity index (χ1v) is 5.83. The van der Waals surface area contributed by atoms with E-state index >= 15 is 0 Å². The van der Waals surface area contributed by atoms with Crippen molar-refractivity contribution in [2.75, 3.05) is 6.54 Å². The highest BCUT2D eigenvalue weighted by molar-refractivity contribution is 5.17. The van der Waals surface area contributed by atoms with Gasteiger partial charge in [0.05, 0.1) is 0 Å². The first kappa shape index (κ1) is 12.0. The number of nitrogens with one attached hydrogen (secondary N) is 1. The Balaban J connectivity index is 2.28. The van der Waals surface area contributed by atoms with Gasteiger partial charge in [0.2, 0.25) is 0 Å². The molecule has 0 aromatic carbocycles. The predicted molar refractivity (Wildman–Crippen MR) is 62.2 cm³/mol.